The van der Waals surface area contributed by atoms with Crippen LogP contribution in [0.4, 0.5) is 5.69 Å². The Morgan fingerprint density at radius 1 is 1.09 bits per heavy atom. The van der Waals surface area contributed by atoms with E-state index in [-0.39, 0.29) is 12.0 Å². The Kier molecular flexibility index (Phi) is 4.37. The normalized spacial score (nSPS) is 12.8. The predicted octanol–water partition coefficient (Wildman–Crippen LogP) is 3.50. The summed E-state index contributed by atoms with van der Waals surface area (Å²) < 4.78 is 16.8. The average Bonchev–Trinajstić information content (AvgIpc) is 2.55. The van der Waals surface area contributed by atoms with Crippen LogP contribution in [-0.4, -0.2) is 25.2 Å². The van der Waals surface area contributed by atoms with E-state index >= 15 is 0 Å². The van der Waals surface area contributed by atoms with Gasteiger partial charge in [-0.3, -0.25) is 4.79 Å². The molecule has 5 heteroatoms. The maximum Gasteiger partial charge on any atom is 0.259 e. The van der Waals surface area contributed by atoms with E-state index in [0.717, 1.165) is 0 Å². The molecular weight excluding hydrogens is 294 g/mol. The number of hydrogen-bond donors (Lipinski definition) is 1. The van der Waals surface area contributed by atoms with Crippen molar-refractivity contribution in [3.05, 3.63) is 48.0 Å². The highest BCUT2D eigenvalue weighted by atomic mass is 16.6. The fourth-order valence-electron chi connectivity index (χ4n) is 2.37. The Balaban J connectivity index is 1.86. The SMILES string of the molecule is CC(C)Oc1ccccc1NC(=O)c1cccc2c1OCCO2. The summed E-state index contributed by atoms with van der Waals surface area (Å²) in [5.41, 5.74) is 1.07. The number of hydrogen-bond acceptors (Lipinski definition) is 4. The number of nitrogens with one attached hydrogen (secondary N) is 1. The zero-order valence-corrected chi connectivity index (χ0v) is 13.2. The molecule has 0 aromatic heterocycles. The summed E-state index contributed by atoms with van der Waals surface area (Å²) in [4.78, 5) is 12.6. The summed E-state index contributed by atoms with van der Waals surface area (Å²) in [7, 11) is 0. The number of para-hydroxylation sites is 3. The van der Waals surface area contributed by atoms with Gasteiger partial charge in [0.05, 0.1) is 17.4 Å². The molecule has 2 aromatic rings. The lowest BCUT2D eigenvalue weighted by molar-refractivity contribution is 0.101. The van der Waals surface area contributed by atoms with Crippen LogP contribution < -0.4 is 19.5 Å². The number of carbonyl (C=O) groups is 1. The van der Waals surface area contributed by atoms with Crippen molar-refractivity contribution in [3.8, 4) is 17.2 Å². The van der Waals surface area contributed by atoms with Crippen molar-refractivity contribution in [2.75, 3.05) is 18.5 Å². The van der Waals surface area contributed by atoms with Crippen molar-refractivity contribution in [2.24, 2.45) is 0 Å². The molecule has 5 nitrogen and oxygen atoms in total. The predicted molar refractivity (Wildman–Crippen MR) is 87.6 cm³/mol. The molecule has 0 saturated carbocycles. The van der Waals surface area contributed by atoms with Gasteiger partial charge in [-0.1, -0.05) is 18.2 Å². The standard InChI is InChI=1S/C18H19NO4/c1-12(2)23-15-8-4-3-7-14(15)19-18(20)13-6-5-9-16-17(13)22-11-10-21-16/h3-9,12H,10-11H2,1-2H3,(H,19,20). The highest BCUT2D eigenvalue weighted by Crippen LogP contribution is 2.34. The Bertz CT molecular complexity index is 712. The molecule has 1 N–H and O–H groups in total. The summed E-state index contributed by atoms with van der Waals surface area (Å²) in [6.07, 6.45) is 0.0225. The van der Waals surface area contributed by atoms with Gasteiger partial charge < -0.3 is 19.5 Å². The first-order valence-corrected chi connectivity index (χ1v) is 7.61. The van der Waals surface area contributed by atoms with E-state index in [4.69, 9.17) is 14.2 Å². The van der Waals surface area contributed by atoms with Gasteiger partial charge in [-0.25, -0.2) is 0 Å². The third kappa shape index (κ3) is 3.39. The minimum Gasteiger partial charge on any atom is -0.489 e. The van der Waals surface area contributed by atoms with Gasteiger partial charge in [0.25, 0.3) is 5.91 Å². The second kappa shape index (κ2) is 6.60. The summed E-state index contributed by atoms with van der Waals surface area (Å²) in [5, 5.41) is 2.88. The van der Waals surface area contributed by atoms with Gasteiger partial charge in [-0.05, 0) is 38.1 Å². The molecule has 1 aliphatic rings. The topological polar surface area (TPSA) is 56.8 Å². The number of ether oxygens (including phenoxy) is 3. The van der Waals surface area contributed by atoms with Crippen LogP contribution in [0.15, 0.2) is 42.5 Å². The van der Waals surface area contributed by atoms with Gasteiger partial charge in [-0.15, -0.1) is 0 Å². The van der Waals surface area contributed by atoms with E-state index in [0.29, 0.717) is 41.7 Å². The van der Waals surface area contributed by atoms with Crippen LogP contribution >= 0.6 is 0 Å². The summed E-state index contributed by atoms with van der Waals surface area (Å²) in [6, 6.07) is 12.6. The van der Waals surface area contributed by atoms with Crippen LogP contribution in [0.3, 0.4) is 0 Å². The van der Waals surface area contributed by atoms with Crippen molar-refractivity contribution in [1.82, 2.24) is 0 Å². The van der Waals surface area contributed by atoms with Crippen molar-refractivity contribution in [2.45, 2.75) is 20.0 Å². The van der Waals surface area contributed by atoms with Crippen LogP contribution in [0.1, 0.15) is 24.2 Å². The summed E-state index contributed by atoms with van der Waals surface area (Å²) >= 11 is 0. The minimum atomic E-state index is -0.257. The van der Waals surface area contributed by atoms with E-state index in [1.54, 1.807) is 18.2 Å². The molecule has 3 rings (SSSR count). The Morgan fingerprint density at radius 3 is 2.70 bits per heavy atom. The number of fused-ring (bicyclic) bond motifs is 1. The number of benzene rings is 2. The van der Waals surface area contributed by atoms with Crippen LogP contribution in [0.2, 0.25) is 0 Å². The van der Waals surface area contributed by atoms with Gasteiger partial charge in [-0.2, -0.15) is 0 Å². The summed E-state index contributed by atoms with van der Waals surface area (Å²) in [6.45, 7) is 4.81. The second-order valence-corrected chi connectivity index (χ2v) is 5.45. The van der Waals surface area contributed by atoms with Crippen molar-refractivity contribution in [3.63, 3.8) is 0 Å². The number of anilines is 1. The van der Waals surface area contributed by atoms with Gasteiger partial charge >= 0.3 is 0 Å². The van der Waals surface area contributed by atoms with Crippen LogP contribution in [-0.2, 0) is 0 Å². The molecule has 0 aliphatic carbocycles. The highest BCUT2D eigenvalue weighted by Gasteiger charge is 2.21. The molecule has 0 spiro atoms. The first-order valence-electron chi connectivity index (χ1n) is 7.61. The quantitative estimate of drug-likeness (QED) is 0.938. The molecule has 2 aromatic carbocycles. The van der Waals surface area contributed by atoms with Crippen LogP contribution in [0.25, 0.3) is 0 Å². The van der Waals surface area contributed by atoms with Crippen molar-refractivity contribution < 1.29 is 19.0 Å². The van der Waals surface area contributed by atoms with Crippen LogP contribution in [0.5, 0.6) is 17.2 Å². The maximum absolute atomic E-state index is 12.6. The smallest absolute Gasteiger partial charge is 0.259 e. The molecule has 0 unspecified atom stereocenters. The van der Waals surface area contributed by atoms with E-state index in [2.05, 4.69) is 5.32 Å². The Morgan fingerprint density at radius 2 is 1.87 bits per heavy atom. The number of amides is 1. The Labute approximate surface area is 135 Å². The number of carbonyl (C=O) groups excluding carboxylic acids is 1. The fraction of sp³-hybridized carbons (Fsp3) is 0.278. The van der Waals surface area contributed by atoms with Gasteiger partial charge in [0.1, 0.15) is 19.0 Å². The second-order valence-electron chi connectivity index (χ2n) is 5.45. The molecule has 120 valence electrons. The fourth-order valence-corrected chi connectivity index (χ4v) is 2.37. The monoisotopic (exact) mass is 313 g/mol. The zero-order valence-electron chi connectivity index (χ0n) is 13.2. The molecule has 0 saturated heterocycles. The molecule has 0 radical (unpaired) electrons. The minimum absolute atomic E-state index is 0.0225. The maximum atomic E-state index is 12.6. The lowest BCUT2D eigenvalue weighted by atomic mass is 10.1. The third-order valence-corrected chi connectivity index (χ3v) is 3.31. The van der Waals surface area contributed by atoms with Gasteiger partial charge in [0.15, 0.2) is 11.5 Å². The molecule has 1 aliphatic heterocycles. The van der Waals surface area contributed by atoms with E-state index in [1.165, 1.54) is 0 Å². The number of rotatable bonds is 4. The molecule has 0 atom stereocenters. The van der Waals surface area contributed by atoms with Crippen molar-refractivity contribution in [1.29, 1.82) is 0 Å². The molecule has 23 heavy (non-hydrogen) atoms. The zero-order chi connectivity index (χ0) is 16.2. The van der Waals surface area contributed by atoms with E-state index in [1.807, 2.05) is 38.1 Å². The average molecular weight is 313 g/mol. The first kappa shape index (κ1) is 15.2. The first-order chi connectivity index (χ1) is 11.1. The molecule has 1 heterocycles. The third-order valence-electron chi connectivity index (χ3n) is 3.31. The van der Waals surface area contributed by atoms with Gasteiger partial charge in [0, 0.05) is 0 Å². The van der Waals surface area contributed by atoms with Crippen molar-refractivity contribution >= 4 is 11.6 Å². The molecule has 0 fully saturated rings. The Hall–Kier alpha value is -2.69. The highest BCUT2D eigenvalue weighted by molar-refractivity contribution is 6.07. The largest absolute Gasteiger partial charge is 0.489 e. The lowest BCUT2D eigenvalue weighted by Crippen LogP contribution is -2.20. The molecule has 0 bridgehead atoms. The molecule has 1 amide bonds. The summed E-state index contributed by atoms with van der Waals surface area (Å²) in [5.74, 6) is 1.46. The van der Waals surface area contributed by atoms with Crippen LogP contribution in [0, 0.1) is 0 Å². The van der Waals surface area contributed by atoms with E-state index < -0.39 is 0 Å². The van der Waals surface area contributed by atoms with E-state index in [9.17, 15) is 4.79 Å². The lowest BCUT2D eigenvalue weighted by Gasteiger charge is -2.21. The molecular formula is C18H19NO4. The van der Waals surface area contributed by atoms with Gasteiger partial charge in [0.2, 0.25) is 0 Å².